The zero-order valence-electron chi connectivity index (χ0n) is 58.0. The molecule has 0 aliphatic carbocycles. The van der Waals surface area contributed by atoms with Crippen LogP contribution < -0.4 is 5.32 Å². The van der Waals surface area contributed by atoms with Crippen molar-refractivity contribution in [2.75, 3.05) is 13.2 Å². The van der Waals surface area contributed by atoms with E-state index in [1.165, 1.54) is 308 Å². The standard InChI is InChI=1S/C77H149NO10/c1-3-5-7-9-11-13-15-17-19-21-23-25-27-29-31-33-34-35-37-39-41-43-45-47-49-51-53-55-57-59-61-63-65-70(81)76(86)78-68(67-87-77-75(85)74(84)73(83)71(66-79)88-77)72(82)69(80)64-62-60-58-56-54-52-50-48-46-44-42-40-38-36-32-30-28-26-24-22-20-18-16-14-12-10-8-6-4-2/h23,25,29,31,68-75,77,79-85H,3-22,24,26-28,30,32-67H2,1-2H3,(H,78,86)/b25-23-,31-29-. The first-order chi connectivity index (χ1) is 43.2. The van der Waals surface area contributed by atoms with Crippen LogP contribution in [0.15, 0.2) is 24.3 Å². The Morgan fingerprint density at radius 3 is 1.01 bits per heavy atom. The van der Waals surface area contributed by atoms with Crippen LogP contribution in [0.1, 0.15) is 393 Å². The van der Waals surface area contributed by atoms with Crippen LogP contribution in [0.3, 0.4) is 0 Å². The first-order valence-electron chi connectivity index (χ1n) is 38.7. The van der Waals surface area contributed by atoms with Crippen LogP contribution in [0.2, 0.25) is 0 Å². The lowest BCUT2D eigenvalue weighted by molar-refractivity contribution is -0.303. The molecule has 9 unspecified atom stereocenters. The van der Waals surface area contributed by atoms with E-state index in [9.17, 15) is 40.5 Å². The first kappa shape index (κ1) is 84.6. The highest BCUT2D eigenvalue weighted by Crippen LogP contribution is 2.24. The normalized spacial score (nSPS) is 18.7. The van der Waals surface area contributed by atoms with Crippen LogP contribution in [-0.4, -0.2) is 110 Å². The Kier molecular flexibility index (Phi) is 63.1. The van der Waals surface area contributed by atoms with Gasteiger partial charge in [-0.3, -0.25) is 4.79 Å². The summed E-state index contributed by atoms with van der Waals surface area (Å²) >= 11 is 0. The van der Waals surface area contributed by atoms with Crippen LogP contribution in [0.4, 0.5) is 0 Å². The topological polar surface area (TPSA) is 189 Å². The minimum absolute atomic E-state index is 0.263. The number of amides is 1. The number of rotatable bonds is 69. The summed E-state index contributed by atoms with van der Waals surface area (Å²) in [5.74, 6) is -0.689. The highest BCUT2D eigenvalue weighted by molar-refractivity contribution is 5.80. The van der Waals surface area contributed by atoms with Gasteiger partial charge in [-0.2, -0.15) is 0 Å². The number of carbonyl (C=O) groups is 1. The fourth-order valence-electron chi connectivity index (χ4n) is 12.8. The molecule has 0 aromatic rings. The molecule has 522 valence electrons. The van der Waals surface area contributed by atoms with Gasteiger partial charge in [0.15, 0.2) is 6.29 Å². The van der Waals surface area contributed by atoms with Crippen LogP contribution in [-0.2, 0) is 14.3 Å². The summed E-state index contributed by atoms with van der Waals surface area (Å²) in [6.07, 6.45) is 72.8. The van der Waals surface area contributed by atoms with Crippen LogP contribution in [0, 0.1) is 0 Å². The fraction of sp³-hybridized carbons (Fsp3) is 0.935. The van der Waals surface area contributed by atoms with Crippen LogP contribution >= 0.6 is 0 Å². The molecule has 9 atom stereocenters. The van der Waals surface area contributed by atoms with Gasteiger partial charge in [-0.1, -0.05) is 372 Å². The molecule has 8 N–H and O–H groups in total. The number of nitrogens with one attached hydrogen (secondary N) is 1. The number of hydrogen-bond acceptors (Lipinski definition) is 10. The molecule has 11 nitrogen and oxygen atoms in total. The number of aliphatic hydroxyl groups excluding tert-OH is 7. The molecule has 1 rings (SSSR count). The second-order valence-corrected chi connectivity index (χ2v) is 27.4. The van der Waals surface area contributed by atoms with Gasteiger partial charge < -0.3 is 50.5 Å². The van der Waals surface area contributed by atoms with E-state index in [-0.39, 0.29) is 6.42 Å². The Balaban J connectivity index is 2.15. The molecule has 0 aromatic heterocycles. The molecule has 1 aliphatic heterocycles. The lowest BCUT2D eigenvalue weighted by atomic mass is 9.98. The minimum atomic E-state index is -1.66. The monoisotopic (exact) mass is 1250 g/mol. The van der Waals surface area contributed by atoms with Crippen molar-refractivity contribution >= 4 is 5.91 Å². The summed E-state index contributed by atoms with van der Waals surface area (Å²) in [6.45, 7) is 3.53. The van der Waals surface area contributed by atoms with Crippen molar-refractivity contribution in [1.82, 2.24) is 5.32 Å². The first-order valence-corrected chi connectivity index (χ1v) is 38.7. The van der Waals surface area contributed by atoms with Crippen molar-refractivity contribution < 1.29 is 50.0 Å². The number of aliphatic hydroxyl groups is 7. The maximum atomic E-state index is 13.3. The van der Waals surface area contributed by atoms with E-state index in [1.807, 2.05) is 0 Å². The molecule has 0 aromatic carbocycles. The zero-order valence-corrected chi connectivity index (χ0v) is 58.0. The van der Waals surface area contributed by atoms with Gasteiger partial charge in [-0.15, -0.1) is 0 Å². The Morgan fingerprint density at radius 1 is 0.398 bits per heavy atom. The highest BCUT2D eigenvalue weighted by atomic mass is 16.7. The number of ether oxygens (including phenoxy) is 2. The van der Waals surface area contributed by atoms with E-state index >= 15 is 0 Å². The molecule has 1 saturated heterocycles. The summed E-state index contributed by atoms with van der Waals surface area (Å²) in [5, 5.41) is 76.7. The minimum Gasteiger partial charge on any atom is -0.394 e. The number of unbranched alkanes of at least 4 members (excludes halogenated alkanes) is 53. The van der Waals surface area contributed by atoms with E-state index in [2.05, 4.69) is 43.5 Å². The van der Waals surface area contributed by atoms with Crippen molar-refractivity contribution in [1.29, 1.82) is 0 Å². The Hall–Kier alpha value is -1.41. The van der Waals surface area contributed by atoms with Gasteiger partial charge in [0, 0.05) is 0 Å². The maximum absolute atomic E-state index is 13.3. The molecule has 1 fully saturated rings. The largest absolute Gasteiger partial charge is 0.394 e. The van der Waals surface area contributed by atoms with E-state index < -0.39 is 74.2 Å². The number of carbonyl (C=O) groups excluding carboxylic acids is 1. The van der Waals surface area contributed by atoms with Crippen molar-refractivity contribution in [3.8, 4) is 0 Å². The predicted molar refractivity (Wildman–Crippen MR) is 372 cm³/mol. The summed E-state index contributed by atoms with van der Waals surface area (Å²) in [4.78, 5) is 13.3. The van der Waals surface area contributed by atoms with Crippen molar-refractivity contribution in [2.45, 2.75) is 448 Å². The lowest BCUT2D eigenvalue weighted by Crippen LogP contribution is -2.60. The van der Waals surface area contributed by atoms with Gasteiger partial charge >= 0.3 is 0 Å². The molecule has 1 aliphatic rings. The highest BCUT2D eigenvalue weighted by Gasteiger charge is 2.44. The molecule has 1 heterocycles. The maximum Gasteiger partial charge on any atom is 0.249 e. The molecule has 0 saturated carbocycles. The Labute approximate surface area is 544 Å². The Bertz CT molecular complexity index is 1480. The average Bonchev–Trinajstić information content (AvgIpc) is 3.73. The molecular weight excluding hydrogens is 1100 g/mol. The van der Waals surface area contributed by atoms with Gasteiger partial charge in [-0.25, -0.2) is 0 Å². The summed E-state index contributed by atoms with van der Waals surface area (Å²) in [5.41, 5.74) is 0. The predicted octanol–water partition coefficient (Wildman–Crippen LogP) is 19.5. The molecule has 0 spiro atoms. The van der Waals surface area contributed by atoms with Gasteiger partial charge in [0.25, 0.3) is 0 Å². The SMILES string of the molecule is CCCCCCCCCCC/C=C\C/C=C\CCCCCCCCCCCCCCCCCCC(O)C(=O)NC(COC1OC(CO)C(O)C(O)C1O)C(O)C(O)CCCCCCCCCCCCCCCCCCCCCCCCCCCCCCC. The summed E-state index contributed by atoms with van der Waals surface area (Å²) in [6, 6.07) is -1.17. The van der Waals surface area contributed by atoms with Crippen LogP contribution in [0.25, 0.3) is 0 Å². The van der Waals surface area contributed by atoms with Crippen molar-refractivity contribution in [3.05, 3.63) is 24.3 Å². The quantitative estimate of drug-likeness (QED) is 0.0215. The van der Waals surface area contributed by atoms with E-state index in [0.29, 0.717) is 19.3 Å². The summed E-state index contributed by atoms with van der Waals surface area (Å²) < 4.78 is 11.2. The van der Waals surface area contributed by atoms with Crippen molar-refractivity contribution in [3.63, 3.8) is 0 Å². The van der Waals surface area contributed by atoms with Crippen molar-refractivity contribution in [2.24, 2.45) is 0 Å². The van der Waals surface area contributed by atoms with E-state index in [1.54, 1.807) is 0 Å². The zero-order chi connectivity index (χ0) is 63.9. The van der Waals surface area contributed by atoms with Gasteiger partial charge in [0.2, 0.25) is 5.91 Å². The average molecular weight is 1250 g/mol. The van der Waals surface area contributed by atoms with E-state index in [4.69, 9.17) is 9.47 Å². The number of allylic oxidation sites excluding steroid dienone is 4. The molecule has 0 radical (unpaired) electrons. The molecular formula is C77H149NO10. The molecule has 0 bridgehead atoms. The summed E-state index contributed by atoms with van der Waals surface area (Å²) in [7, 11) is 0. The number of hydrogen-bond donors (Lipinski definition) is 8. The third-order valence-corrected chi connectivity index (χ3v) is 19.0. The third kappa shape index (κ3) is 52.0. The molecule has 1 amide bonds. The molecule has 88 heavy (non-hydrogen) atoms. The second kappa shape index (κ2) is 65.6. The smallest absolute Gasteiger partial charge is 0.249 e. The van der Waals surface area contributed by atoms with Gasteiger partial charge in [0.05, 0.1) is 25.4 Å². The Morgan fingerprint density at radius 2 is 0.693 bits per heavy atom. The third-order valence-electron chi connectivity index (χ3n) is 19.0. The lowest BCUT2D eigenvalue weighted by Gasteiger charge is -2.40. The second-order valence-electron chi connectivity index (χ2n) is 27.4. The van der Waals surface area contributed by atoms with E-state index in [0.717, 1.165) is 44.9 Å². The van der Waals surface area contributed by atoms with Gasteiger partial charge in [-0.05, 0) is 44.9 Å². The molecule has 11 heteroatoms. The van der Waals surface area contributed by atoms with Crippen LogP contribution in [0.5, 0.6) is 0 Å². The van der Waals surface area contributed by atoms with Gasteiger partial charge in [0.1, 0.15) is 36.6 Å². The fourth-order valence-corrected chi connectivity index (χ4v) is 12.8.